The average molecular weight is 579 g/mol. The molecule has 1 saturated heterocycles. The third kappa shape index (κ3) is 5.70. The van der Waals surface area contributed by atoms with Crippen LogP contribution in [0.5, 0.6) is 11.5 Å². The van der Waals surface area contributed by atoms with Crippen LogP contribution in [0.3, 0.4) is 0 Å². The largest absolute Gasteiger partial charge is 0.503 e. The third-order valence-electron chi connectivity index (χ3n) is 4.71. The second kappa shape index (κ2) is 10.8. The fraction of sp³-hybridized carbons (Fsp3) is 0.238. The molecule has 0 spiro atoms. The van der Waals surface area contributed by atoms with Gasteiger partial charge in [0.1, 0.15) is 0 Å². The molecule has 0 radical (unpaired) electrons. The zero-order chi connectivity index (χ0) is 23.2. The highest BCUT2D eigenvalue weighted by Crippen LogP contribution is 2.41. The maximum absolute atomic E-state index is 10.1. The molecule has 1 fully saturated rings. The highest BCUT2D eigenvalue weighted by molar-refractivity contribution is 9.13. The Bertz CT molecular complexity index is 1140. The second-order valence-electron chi connectivity index (χ2n) is 6.89. The first-order valence-corrected chi connectivity index (χ1v) is 11.6. The van der Waals surface area contributed by atoms with Crippen LogP contribution in [0.2, 0.25) is 0 Å². The van der Waals surface area contributed by atoms with Crippen molar-refractivity contribution in [1.29, 1.82) is 0 Å². The van der Waals surface area contributed by atoms with Crippen molar-refractivity contribution in [3.8, 4) is 11.5 Å². The van der Waals surface area contributed by atoms with E-state index >= 15 is 0 Å². The molecule has 1 aliphatic rings. The van der Waals surface area contributed by atoms with Crippen LogP contribution >= 0.6 is 31.9 Å². The van der Waals surface area contributed by atoms with Crippen molar-refractivity contribution in [3.63, 3.8) is 0 Å². The number of hydrazone groups is 1. The molecule has 10 nitrogen and oxygen atoms in total. The molecule has 1 aromatic heterocycles. The van der Waals surface area contributed by atoms with E-state index in [1.165, 1.54) is 7.11 Å². The van der Waals surface area contributed by atoms with Crippen LogP contribution in [0.4, 0.5) is 23.5 Å². The number of para-hydroxylation sites is 1. The number of aromatic nitrogens is 3. The Hall–Kier alpha value is -2.96. The van der Waals surface area contributed by atoms with Gasteiger partial charge < -0.3 is 24.8 Å². The first-order valence-electron chi connectivity index (χ1n) is 10.00. The van der Waals surface area contributed by atoms with E-state index in [-0.39, 0.29) is 11.7 Å². The Morgan fingerprint density at radius 3 is 2.55 bits per heavy atom. The zero-order valence-electron chi connectivity index (χ0n) is 17.6. The molecule has 2 aromatic carbocycles. The lowest BCUT2D eigenvalue weighted by Gasteiger charge is -2.27. The van der Waals surface area contributed by atoms with E-state index in [1.807, 2.05) is 35.2 Å². The minimum absolute atomic E-state index is 0.00117. The van der Waals surface area contributed by atoms with Gasteiger partial charge >= 0.3 is 0 Å². The minimum atomic E-state index is -0.00117. The van der Waals surface area contributed by atoms with E-state index < -0.39 is 0 Å². The molecule has 0 aliphatic carbocycles. The number of nitrogens with zero attached hydrogens (tertiary/aromatic N) is 5. The quantitative estimate of drug-likeness (QED) is 0.281. The number of hydrogen-bond donors (Lipinski definition) is 3. The first kappa shape index (κ1) is 23.2. The summed E-state index contributed by atoms with van der Waals surface area (Å²) in [5, 5.41) is 17.6. The topological polar surface area (TPSA) is 117 Å². The van der Waals surface area contributed by atoms with E-state index in [1.54, 1.807) is 12.3 Å². The van der Waals surface area contributed by atoms with Crippen molar-refractivity contribution in [3.05, 3.63) is 50.9 Å². The molecule has 12 heteroatoms. The molecule has 3 aromatic rings. The smallest absolute Gasteiger partial charge is 0.250 e. The number of halogens is 2. The Morgan fingerprint density at radius 2 is 1.82 bits per heavy atom. The molecular formula is C21H21Br2N7O3. The Labute approximate surface area is 207 Å². The standard InChI is InChI=1S/C21H21Br2N7O3/c1-32-15-11-13(16(22)17(23)18(15)31)12-24-29-20-26-19(25-14-5-3-2-4-6-14)27-21(28-20)30-7-9-33-10-8-30/h2-6,11-12,31H,7-10H2,1H3,(H2,25,26,27,28,29)/b24-12+. The number of anilines is 4. The van der Waals surface area contributed by atoms with E-state index in [0.717, 1.165) is 5.69 Å². The molecule has 0 amide bonds. The van der Waals surface area contributed by atoms with Crippen LogP contribution in [0.15, 0.2) is 50.4 Å². The predicted octanol–water partition coefficient (Wildman–Crippen LogP) is 4.14. The van der Waals surface area contributed by atoms with Crippen molar-refractivity contribution in [2.24, 2.45) is 5.10 Å². The summed E-state index contributed by atoms with van der Waals surface area (Å²) < 4.78 is 11.7. The van der Waals surface area contributed by atoms with Crippen molar-refractivity contribution in [1.82, 2.24) is 15.0 Å². The number of ether oxygens (including phenoxy) is 2. The highest BCUT2D eigenvalue weighted by Gasteiger charge is 2.17. The van der Waals surface area contributed by atoms with Gasteiger partial charge in [-0.3, -0.25) is 0 Å². The number of morpholine rings is 1. The molecule has 0 saturated carbocycles. The van der Waals surface area contributed by atoms with Gasteiger partial charge in [-0.25, -0.2) is 5.43 Å². The Morgan fingerprint density at radius 1 is 1.09 bits per heavy atom. The summed E-state index contributed by atoms with van der Waals surface area (Å²) in [7, 11) is 1.48. The van der Waals surface area contributed by atoms with Crippen molar-refractivity contribution in [2.75, 3.05) is 49.1 Å². The van der Waals surface area contributed by atoms with Crippen LogP contribution in [0, 0.1) is 0 Å². The third-order valence-corrected chi connectivity index (χ3v) is 6.87. The number of phenols is 1. The van der Waals surface area contributed by atoms with Gasteiger partial charge in [-0.1, -0.05) is 18.2 Å². The van der Waals surface area contributed by atoms with Gasteiger partial charge in [0.05, 0.1) is 31.0 Å². The van der Waals surface area contributed by atoms with Crippen molar-refractivity contribution >= 4 is 61.6 Å². The molecule has 4 rings (SSSR count). The van der Waals surface area contributed by atoms with Crippen LogP contribution < -0.4 is 20.4 Å². The van der Waals surface area contributed by atoms with Gasteiger partial charge in [-0.05, 0) is 50.1 Å². The molecule has 172 valence electrons. The normalized spacial score (nSPS) is 13.8. The van der Waals surface area contributed by atoms with E-state index in [0.29, 0.717) is 58.5 Å². The Kier molecular flexibility index (Phi) is 7.57. The average Bonchev–Trinajstić information content (AvgIpc) is 2.85. The summed E-state index contributed by atoms with van der Waals surface area (Å²) in [5.74, 6) is 1.52. The fourth-order valence-electron chi connectivity index (χ4n) is 3.05. The van der Waals surface area contributed by atoms with Crippen LogP contribution in [-0.2, 0) is 4.74 Å². The molecule has 0 bridgehead atoms. The number of phenolic OH excluding ortho intramolecular Hbond substituents is 1. The maximum Gasteiger partial charge on any atom is 0.250 e. The second-order valence-corrected chi connectivity index (χ2v) is 8.47. The van der Waals surface area contributed by atoms with Crippen LogP contribution in [0.1, 0.15) is 5.56 Å². The molecule has 0 atom stereocenters. The molecular weight excluding hydrogens is 558 g/mol. The lowest BCUT2D eigenvalue weighted by atomic mass is 10.2. The predicted molar refractivity (Wildman–Crippen MR) is 134 cm³/mol. The van der Waals surface area contributed by atoms with Crippen LogP contribution in [0.25, 0.3) is 0 Å². The molecule has 1 aliphatic heterocycles. The molecule has 3 N–H and O–H groups in total. The number of nitrogens with one attached hydrogen (secondary N) is 2. The lowest BCUT2D eigenvalue weighted by molar-refractivity contribution is 0.122. The first-order chi connectivity index (χ1) is 16.0. The zero-order valence-corrected chi connectivity index (χ0v) is 20.8. The number of aromatic hydroxyl groups is 1. The Balaban J connectivity index is 1.60. The monoisotopic (exact) mass is 577 g/mol. The summed E-state index contributed by atoms with van der Waals surface area (Å²) in [4.78, 5) is 15.6. The molecule has 33 heavy (non-hydrogen) atoms. The minimum Gasteiger partial charge on any atom is -0.503 e. The SMILES string of the molecule is COc1cc(/C=N/Nc2nc(Nc3ccccc3)nc(N3CCOCC3)n2)c(Br)c(Br)c1O. The summed E-state index contributed by atoms with van der Waals surface area (Å²) >= 11 is 6.78. The van der Waals surface area contributed by atoms with Gasteiger partial charge in [-0.15, -0.1) is 0 Å². The van der Waals surface area contributed by atoms with Crippen molar-refractivity contribution in [2.45, 2.75) is 0 Å². The number of methoxy groups -OCH3 is 1. The van der Waals surface area contributed by atoms with Gasteiger partial charge in [0, 0.05) is 28.8 Å². The van der Waals surface area contributed by atoms with E-state index in [9.17, 15) is 5.11 Å². The number of hydrogen-bond acceptors (Lipinski definition) is 10. The summed E-state index contributed by atoms with van der Waals surface area (Å²) in [6, 6.07) is 11.3. The summed E-state index contributed by atoms with van der Waals surface area (Å²) in [6.45, 7) is 2.59. The lowest BCUT2D eigenvalue weighted by Crippen LogP contribution is -2.37. The van der Waals surface area contributed by atoms with Crippen molar-refractivity contribution < 1.29 is 14.6 Å². The van der Waals surface area contributed by atoms with Gasteiger partial charge in [0.2, 0.25) is 17.8 Å². The van der Waals surface area contributed by atoms with Gasteiger partial charge in [0.25, 0.3) is 0 Å². The van der Waals surface area contributed by atoms with Crippen LogP contribution in [-0.4, -0.2) is 59.7 Å². The fourth-order valence-corrected chi connectivity index (χ4v) is 3.88. The van der Waals surface area contributed by atoms with E-state index in [2.05, 4.69) is 62.7 Å². The van der Waals surface area contributed by atoms with E-state index in [4.69, 9.17) is 9.47 Å². The summed E-state index contributed by atoms with van der Waals surface area (Å²) in [6.07, 6.45) is 1.57. The molecule has 2 heterocycles. The van der Waals surface area contributed by atoms with Gasteiger partial charge in [0.15, 0.2) is 11.5 Å². The highest BCUT2D eigenvalue weighted by atomic mass is 79.9. The molecule has 0 unspecified atom stereocenters. The summed E-state index contributed by atoms with van der Waals surface area (Å²) in [5.41, 5.74) is 4.40. The number of benzene rings is 2. The maximum atomic E-state index is 10.1. The number of rotatable bonds is 7. The van der Waals surface area contributed by atoms with Gasteiger partial charge in [-0.2, -0.15) is 20.1 Å².